The Labute approximate surface area is 195 Å². The highest BCUT2D eigenvalue weighted by Gasteiger charge is 2.37. The third kappa shape index (κ3) is 4.25. The van der Waals surface area contributed by atoms with Gasteiger partial charge in [-0.3, -0.25) is 14.9 Å². The van der Waals surface area contributed by atoms with Crippen LogP contribution in [-0.4, -0.2) is 30.9 Å². The van der Waals surface area contributed by atoms with E-state index in [1.165, 1.54) is 13.2 Å². The normalized spacial score (nSPS) is 15.0. The molecule has 4 rings (SSSR count). The summed E-state index contributed by atoms with van der Waals surface area (Å²) in [6.07, 6.45) is 1.29. The Bertz CT molecular complexity index is 1360. The van der Waals surface area contributed by atoms with E-state index in [4.69, 9.17) is 9.15 Å². The molecule has 1 fully saturated rings. The van der Waals surface area contributed by atoms with Crippen molar-refractivity contribution in [3.63, 3.8) is 0 Å². The molecule has 1 saturated heterocycles. The molecule has 2 heterocycles. The van der Waals surface area contributed by atoms with E-state index < -0.39 is 23.8 Å². The van der Waals surface area contributed by atoms with Crippen LogP contribution in [0.25, 0.3) is 17.4 Å². The third-order valence-electron chi connectivity index (χ3n) is 5.40. The Hall–Kier alpha value is -4.46. The fourth-order valence-electron chi connectivity index (χ4n) is 3.82. The molecular formula is C26H22N2O6. The number of anilines is 1. The monoisotopic (exact) mass is 458 g/mol. The standard InChI is InChI=1S/C26H22N2O6/c1-14-9-15(2)11-18(10-14)28-24(30)21(23(29)27-26(28)32)13-19-7-8-22(34-19)20-12-17(25(31)33-4)6-5-16(20)3/h5-13H,1-4H3,(H,27,29,32)/b21-13+. The number of ether oxygens (including phenoxy) is 1. The maximum absolute atomic E-state index is 13.1. The minimum absolute atomic E-state index is 0.236. The molecule has 0 aliphatic carbocycles. The molecule has 0 bridgehead atoms. The summed E-state index contributed by atoms with van der Waals surface area (Å²) in [5.74, 6) is -1.35. The molecular weight excluding hydrogens is 436 g/mol. The molecule has 0 atom stereocenters. The minimum atomic E-state index is -0.812. The minimum Gasteiger partial charge on any atom is -0.465 e. The molecule has 4 amide bonds. The predicted molar refractivity (Wildman–Crippen MR) is 125 cm³/mol. The molecule has 2 aromatic carbocycles. The lowest BCUT2D eigenvalue weighted by Crippen LogP contribution is -2.54. The molecule has 0 unspecified atom stereocenters. The Balaban J connectivity index is 1.70. The second-order valence-corrected chi connectivity index (χ2v) is 8.03. The van der Waals surface area contributed by atoms with Crippen molar-refractivity contribution in [2.45, 2.75) is 20.8 Å². The first-order valence-electron chi connectivity index (χ1n) is 10.5. The fourth-order valence-corrected chi connectivity index (χ4v) is 3.82. The maximum atomic E-state index is 13.1. The van der Waals surface area contributed by atoms with Gasteiger partial charge in [0.15, 0.2) is 0 Å². The van der Waals surface area contributed by atoms with E-state index >= 15 is 0 Å². The predicted octanol–water partition coefficient (Wildman–Crippen LogP) is 4.32. The lowest BCUT2D eigenvalue weighted by molar-refractivity contribution is -0.122. The number of urea groups is 1. The van der Waals surface area contributed by atoms with Gasteiger partial charge in [-0.05, 0) is 79.9 Å². The van der Waals surface area contributed by atoms with Crippen LogP contribution in [0.4, 0.5) is 10.5 Å². The Morgan fingerprint density at radius 1 is 0.971 bits per heavy atom. The molecule has 1 aliphatic heterocycles. The number of aryl methyl sites for hydroxylation is 3. The summed E-state index contributed by atoms with van der Waals surface area (Å²) in [5, 5.41) is 2.21. The number of hydrogen-bond acceptors (Lipinski definition) is 6. The van der Waals surface area contributed by atoms with Crippen molar-refractivity contribution < 1.29 is 28.3 Å². The lowest BCUT2D eigenvalue weighted by atomic mass is 10.0. The van der Waals surface area contributed by atoms with E-state index in [2.05, 4.69) is 5.32 Å². The summed E-state index contributed by atoms with van der Waals surface area (Å²) < 4.78 is 10.6. The zero-order valence-corrected chi connectivity index (χ0v) is 19.1. The van der Waals surface area contributed by atoms with E-state index in [1.807, 2.05) is 26.8 Å². The number of barbiturate groups is 1. The van der Waals surface area contributed by atoms with Crippen LogP contribution in [0, 0.1) is 20.8 Å². The molecule has 8 nitrogen and oxygen atoms in total. The Morgan fingerprint density at radius 2 is 1.68 bits per heavy atom. The number of carbonyl (C=O) groups is 4. The summed E-state index contributed by atoms with van der Waals surface area (Å²) in [7, 11) is 1.30. The summed E-state index contributed by atoms with van der Waals surface area (Å²) in [6.45, 7) is 5.57. The third-order valence-corrected chi connectivity index (χ3v) is 5.40. The number of amides is 4. The Morgan fingerprint density at radius 3 is 2.35 bits per heavy atom. The number of nitrogens with one attached hydrogen (secondary N) is 1. The number of nitrogens with zero attached hydrogens (tertiary/aromatic N) is 1. The number of esters is 1. The molecule has 1 aromatic heterocycles. The number of methoxy groups -OCH3 is 1. The molecule has 3 aromatic rings. The van der Waals surface area contributed by atoms with Gasteiger partial charge in [0.25, 0.3) is 11.8 Å². The number of rotatable bonds is 4. The highest BCUT2D eigenvalue weighted by atomic mass is 16.5. The van der Waals surface area contributed by atoms with Gasteiger partial charge in [0.1, 0.15) is 17.1 Å². The van der Waals surface area contributed by atoms with E-state index in [-0.39, 0.29) is 11.3 Å². The van der Waals surface area contributed by atoms with Crippen LogP contribution in [0.5, 0.6) is 0 Å². The van der Waals surface area contributed by atoms with Gasteiger partial charge in [0, 0.05) is 5.56 Å². The average molecular weight is 458 g/mol. The van der Waals surface area contributed by atoms with Gasteiger partial charge >= 0.3 is 12.0 Å². The number of imide groups is 2. The van der Waals surface area contributed by atoms with Crippen molar-refractivity contribution in [3.05, 3.63) is 82.1 Å². The highest BCUT2D eigenvalue weighted by Crippen LogP contribution is 2.29. The first kappa shape index (κ1) is 22.7. The van der Waals surface area contributed by atoms with E-state index in [1.54, 1.807) is 42.5 Å². The van der Waals surface area contributed by atoms with Gasteiger partial charge in [0.2, 0.25) is 0 Å². The van der Waals surface area contributed by atoms with Gasteiger partial charge in [-0.1, -0.05) is 12.1 Å². The molecule has 0 spiro atoms. The smallest absolute Gasteiger partial charge is 0.337 e. The number of carbonyl (C=O) groups excluding carboxylic acids is 4. The number of hydrogen-bond donors (Lipinski definition) is 1. The summed E-state index contributed by atoms with van der Waals surface area (Å²) in [4.78, 5) is 50.9. The second-order valence-electron chi connectivity index (χ2n) is 8.03. The van der Waals surface area contributed by atoms with Crippen molar-refractivity contribution >= 4 is 35.6 Å². The molecule has 8 heteroatoms. The van der Waals surface area contributed by atoms with E-state index in [0.29, 0.717) is 22.6 Å². The van der Waals surface area contributed by atoms with Crippen molar-refractivity contribution in [1.29, 1.82) is 0 Å². The quantitative estimate of drug-likeness (QED) is 0.355. The van der Waals surface area contributed by atoms with Gasteiger partial charge in [-0.2, -0.15) is 0 Å². The van der Waals surface area contributed by atoms with E-state index in [9.17, 15) is 19.2 Å². The largest absolute Gasteiger partial charge is 0.465 e. The van der Waals surface area contributed by atoms with Gasteiger partial charge in [-0.25, -0.2) is 14.5 Å². The topological polar surface area (TPSA) is 106 Å². The van der Waals surface area contributed by atoms with Gasteiger partial charge in [-0.15, -0.1) is 0 Å². The van der Waals surface area contributed by atoms with Crippen LogP contribution in [-0.2, 0) is 14.3 Å². The summed E-state index contributed by atoms with van der Waals surface area (Å²) in [5.41, 5.74) is 3.77. The molecule has 34 heavy (non-hydrogen) atoms. The van der Waals surface area contributed by atoms with Crippen LogP contribution < -0.4 is 10.2 Å². The number of benzene rings is 2. The first-order valence-corrected chi connectivity index (χ1v) is 10.5. The van der Waals surface area contributed by atoms with Crippen molar-refractivity contribution in [2.75, 3.05) is 12.0 Å². The molecule has 172 valence electrons. The van der Waals surface area contributed by atoms with Crippen LogP contribution in [0.2, 0.25) is 0 Å². The summed E-state index contributed by atoms with van der Waals surface area (Å²) in [6, 6.07) is 12.8. The van der Waals surface area contributed by atoms with Gasteiger partial charge < -0.3 is 9.15 Å². The summed E-state index contributed by atoms with van der Waals surface area (Å²) >= 11 is 0. The Kier molecular flexibility index (Phi) is 5.89. The zero-order chi connectivity index (χ0) is 24.6. The van der Waals surface area contributed by atoms with Crippen molar-refractivity contribution in [3.8, 4) is 11.3 Å². The number of furan rings is 1. The average Bonchev–Trinajstić information content (AvgIpc) is 3.24. The highest BCUT2D eigenvalue weighted by molar-refractivity contribution is 6.39. The lowest BCUT2D eigenvalue weighted by Gasteiger charge is -2.26. The molecule has 1 N–H and O–H groups in total. The SMILES string of the molecule is COC(=O)c1ccc(C)c(-c2ccc(/C=C3\C(=O)NC(=O)N(c4cc(C)cc(C)c4)C3=O)o2)c1. The van der Waals surface area contributed by atoms with Gasteiger partial charge in [0.05, 0.1) is 18.4 Å². The molecule has 0 radical (unpaired) electrons. The van der Waals surface area contributed by atoms with Crippen LogP contribution in [0.15, 0.2) is 58.5 Å². The first-order chi connectivity index (χ1) is 16.2. The van der Waals surface area contributed by atoms with Crippen LogP contribution >= 0.6 is 0 Å². The molecule has 1 aliphatic rings. The fraction of sp³-hybridized carbons (Fsp3) is 0.154. The zero-order valence-electron chi connectivity index (χ0n) is 19.1. The van der Waals surface area contributed by atoms with Crippen LogP contribution in [0.3, 0.4) is 0 Å². The maximum Gasteiger partial charge on any atom is 0.337 e. The van der Waals surface area contributed by atoms with Crippen molar-refractivity contribution in [1.82, 2.24) is 5.32 Å². The second kappa shape index (κ2) is 8.82. The molecule has 0 saturated carbocycles. The van der Waals surface area contributed by atoms with Crippen LogP contribution in [0.1, 0.15) is 32.8 Å². The van der Waals surface area contributed by atoms with Crippen molar-refractivity contribution in [2.24, 2.45) is 0 Å². The van der Waals surface area contributed by atoms with E-state index in [0.717, 1.165) is 21.6 Å².